The molecule has 7 rings (SSSR count). The number of ether oxygens (including phenoxy) is 5. The topological polar surface area (TPSA) is 558 Å². The number of primary amides is 4. The fourth-order valence-electron chi connectivity index (χ4n) is 6.36. The third-order valence-corrected chi connectivity index (χ3v) is 20.7. The molecular weight excluding hydrogens is 1390 g/mol. The summed E-state index contributed by atoms with van der Waals surface area (Å²) >= 11 is 5.32. The SMILES string of the molecule is C[Si](C)(C)CCOCCl.C[Si](C)(C)CCOCN=C=O.C[Si](C)(C)CCOCN=C=O.C[Si](C)(C)CCOCn1nnc2c(C(N)=O)ncn2c1=O.C[Si](C)(C)CCOCn1nnc2c(C(N)=O)ncn2c1=O.N=Nc1nc[nH]c1C(N)=O.NC(=O)c1ncn2c(=O)n(CO)nnc12. The van der Waals surface area contributed by atoms with Gasteiger partial charge in [0.25, 0.3) is 23.6 Å². The third-order valence-electron chi connectivity index (χ3n) is 12.0. The summed E-state index contributed by atoms with van der Waals surface area (Å²) < 4.78 is 32.1. The summed E-state index contributed by atoms with van der Waals surface area (Å²) in [6.07, 6.45) is 7.61. The van der Waals surface area contributed by atoms with Gasteiger partial charge in [-0.25, -0.2) is 62.6 Å². The van der Waals surface area contributed by atoms with Crippen molar-refractivity contribution in [1.82, 2.24) is 83.1 Å². The van der Waals surface area contributed by atoms with Crippen LogP contribution in [0.4, 0.5) is 5.82 Å². The van der Waals surface area contributed by atoms with E-state index < -0.39 is 87.8 Å². The van der Waals surface area contributed by atoms with Gasteiger partial charge in [-0.1, -0.05) is 125 Å². The molecule has 46 heteroatoms. The predicted octanol–water partition coefficient (Wildman–Crippen LogP) is 2.71. The minimum Gasteiger partial charge on any atom is -0.374 e. The fraction of sp³-hybridized carbons (Fsp3) is 0.596. The molecular formula is C52H92ClN25O15Si5. The molecule has 0 aliphatic heterocycles. The Morgan fingerprint density at radius 1 is 0.510 bits per heavy atom. The number of hydrogen-bond acceptors (Lipinski definition) is 29. The van der Waals surface area contributed by atoms with Crippen molar-refractivity contribution in [3.63, 3.8) is 0 Å². The molecule has 7 aromatic rings. The number of halogens is 1. The van der Waals surface area contributed by atoms with Crippen LogP contribution in [0.5, 0.6) is 0 Å². The van der Waals surface area contributed by atoms with E-state index in [1.54, 1.807) is 0 Å². The number of nitrogens with zero attached hydrogens (tertiary/aromatic N) is 19. The first kappa shape index (κ1) is 87.4. The van der Waals surface area contributed by atoms with Crippen LogP contribution >= 0.6 is 11.6 Å². The molecule has 0 bridgehead atoms. The molecule has 0 spiro atoms. The number of aromatic amines is 1. The number of amides is 4. The molecule has 0 fully saturated rings. The van der Waals surface area contributed by atoms with Gasteiger partial charge in [-0.15, -0.1) is 20.4 Å². The van der Waals surface area contributed by atoms with E-state index in [0.717, 1.165) is 59.7 Å². The first-order chi connectivity index (χ1) is 45.7. The Kier molecular flexibility index (Phi) is 38.3. The number of alkyl halides is 1. The fourth-order valence-corrected chi connectivity index (χ4v) is 10.2. The van der Waals surface area contributed by atoms with Crippen molar-refractivity contribution in [3.8, 4) is 0 Å². The van der Waals surface area contributed by atoms with Gasteiger partial charge in [0.1, 0.15) is 58.7 Å². The van der Waals surface area contributed by atoms with Gasteiger partial charge < -0.3 is 56.7 Å². The summed E-state index contributed by atoms with van der Waals surface area (Å²) in [5, 5.41) is 33.6. The highest BCUT2D eigenvalue weighted by Gasteiger charge is 2.20. The van der Waals surface area contributed by atoms with Crippen molar-refractivity contribution in [1.29, 1.82) is 5.53 Å². The highest BCUT2D eigenvalue weighted by molar-refractivity contribution is 6.77. The first-order valence-electron chi connectivity index (χ1n) is 29.8. The van der Waals surface area contributed by atoms with E-state index in [1.807, 2.05) is 0 Å². The minimum atomic E-state index is -1.18. The van der Waals surface area contributed by atoms with E-state index in [9.17, 15) is 43.2 Å². The van der Waals surface area contributed by atoms with Crippen LogP contribution in [0, 0.1) is 5.53 Å². The summed E-state index contributed by atoms with van der Waals surface area (Å²) in [4.78, 5) is 122. The van der Waals surface area contributed by atoms with Crippen molar-refractivity contribution < 1.29 is 57.6 Å². The van der Waals surface area contributed by atoms with Gasteiger partial charge in [-0.2, -0.15) is 24.0 Å². The summed E-state index contributed by atoms with van der Waals surface area (Å²) in [5.74, 6) is -2.95. The van der Waals surface area contributed by atoms with E-state index in [1.165, 1.54) is 37.2 Å². The Morgan fingerprint density at radius 3 is 1.08 bits per heavy atom. The van der Waals surface area contributed by atoms with E-state index >= 15 is 0 Å². The lowest BCUT2D eigenvalue weighted by Gasteiger charge is -2.15. The summed E-state index contributed by atoms with van der Waals surface area (Å²) in [6.45, 7) is 37.2. The Morgan fingerprint density at radius 2 is 0.816 bits per heavy atom. The maximum absolute atomic E-state index is 12.1. The van der Waals surface area contributed by atoms with Gasteiger partial charge in [-0.3, -0.25) is 19.2 Å². The number of fused-ring (bicyclic) bond motifs is 3. The largest absolute Gasteiger partial charge is 0.374 e. The van der Waals surface area contributed by atoms with Gasteiger partial charge in [0.2, 0.25) is 18.0 Å². The molecule has 4 amide bonds. The maximum Gasteiger partial charge on any atom is 0.355 e. The normalized spacial score (nSPS) is 11.2. The molecule has 0 aromatic carbocycles. The van der Waals surface area contributed by atoms with E-state index in [4.69, 9.17) is 68.9 Å². The molecule has 98 heavy (non-hydrogen) atoms. The number of nitrogens with two attached hydrogens (primary N) is 4. The average Bonchev–Trinajstić information content (AvgIpc) is 1.66. The number of aliphatic hydroxyl groups is 1. The number of hydrogen-bond donors (Lipinski definition) is 7. The number of nitrogens with one attached hydrogen (secondary N) is 2. The van der Waals surface area contributed by atoms with Crippen molar-refractivity contribution in [3.05, 3.63) is 79.5 Å². The first-order valence-corrected chi connectivity index (χ1v) is 48.9. The molecule has 7 aromatic heterocycles. The molecule has 11 N–H and O–H groups in total. The lowest BCUT2D eigenvalue weighted by Crippen LogP contribution is -2.31. The second-order valence-corrected chi connectivity index (χ2v) is 54.8. The lowest BCUT2D eigenvalue weighted by atomic mass is 10.4. The van der Waals surface area contributed by atoms with Crippen LogP contribution in [-0.2, 0) is 53.5 Å². The number of aliphatic imine (C=N–C) groups is 2. The van der Waals surface area contributed by atoms with E-state index in [0.29, 0.717) is 37.2 Å². The monoisotopic (exact) mass is 1480 g/mol. The molecule has 7 heterocycles. The van der Waals surface area contributed by atoms with Crippen molar-refractivity contribution in [2.24, 2.45) is 38.0 Å². The van der Waals surface area contributed by atoms with Gasteiger partial charge in [0.15, 0.2) is 39.7 Å². The number of carbonyl (C=O) groups excluding carboxylic acids is 6. The minimum absolute atomic E-state index is 0.0103. The van der Waals surface area contributed by atoms with Crippen molar-refractivity contribution in [2.45, 2.75) is 149 Å². The highest BCUT2D eigenvalue weighted by atomic mass is 35.5. The van der Waals surface area contributed by atoms with Crippen molar-refractivity contribution >= 4 is 111 Å². The van der Waals surface area contributed by atoms with Crippen LogP contribution in [0.1, 0.15) is 42.0 Å². The summed E-state index contributed by atoms with van der Waals surface area (Å²) in [6, 6.07) is 5.76. The molecule has 0 saturated heterocycles. The predicted molar refractivity (Wildman–Crippen MR) is 372 cm³/mol. The Balaban J connectivity index is 0.000000587. The van der Waals surface area contributed by atoms with Crippen LogP contribution in [0.3, 0.4) is 0 Å². The van der Waals surface area contributed by atoms with E-state index in [2.05, 4.69) is 169 Å². The molecule has 40 nitrogen and oxygen atoms in total. The van der Waals surface area contributed by atoms with E-state index in [-0.39, 0.29) is 72.5 Å². The standard InChI is InChI=1S/2C11H18N6O3Si.2C7H15NO2Si.C6H15ClOSi.C6H6N6O3.C4H5N5O/c2*1-21(2,3)5-4-20-7-17-11(19)16-6-13-8(9(12)18)10(16)14-15-17;2*1-11(2,3)5-4-10-7-8-6-9;1-9(2,3)5-4-8-6-7;7-4(14)3-5-9-10-12(2-13)6(15)11(5)1-8-3;5-3(10)2-4(9-6)8-1-7-2/h2*6H,4-5,7H2,1-3H3,(H2,12,18);2*4-5,7H2,1-3H3;4-6H2,1-3H3;1,13H,2H2,(H2,7,14);1,6H,(H2,5,10)(H,7,8). The quantitative estimate of drug-likeness (QED) is 0.00850. The second-order valence-electron chi connectivity index (χ2n) is 26.5. The molecule has 0 aliphatic rings. The molecule has 0 saturated carbocycles. The van der Waals surface area contributed by atoms with Gasteiger partial charge in [0, 0.05) is 73.4 Å². The zero-order valence-electron chi connectivity index (χ0n) is 58.0. The zero-order valence-corrected chi connectivity index (χ0v) is 63.7. The van der Waals surface area contributed by atoms with Crippen molar-refractivity contribution in [2.75, 3.05) is 52.6 Å². The molecule has 0 radical (unpaired) electrons. The Bertz CT molecular complexity index is 3780. The third kappa shape index (κ3) is 34.6. The maximum atomic E-state index is 12.1. The number of carbonyl (C=O) groups is 4. The number of aromatic nitrogens is 17. The number of imidazole rings is 4. The number of aliphatic hydroxyl groups excluding tert-OH is 1. The second kappa shape index (κ2) is 43.0. The molecule has 542 valence electrons. The number of rotatable bonds is 30. The van der Waals surface area contributed by atoms with Gasteiger partial charge in [0.05, 0.1) is 6.33 Å². The summed E-state index contributed by atoms with van der Waals surface area (Å²) in [7, 11) is -5.20. The van der Waals surface area contributed by atoms with Crippen LogP contribution in [0.15, 0.2) is 54.8 Å². The number of H-pyrrole nitrogens is 1. The summed E-state index contributed by atoms with van der Waals surface area (Å²) in [5.41, 5.74) is 24.9. The molecule has 0 atom stereocenters. The highest BCUT2D eigenvalue weighted by Crippen LogP contribution is 2.13. The lowest BCUT2D eigenvalue weighted by molar-refractivity contribution is 0.0711. The zero-order chi connectivity index (χ0) is 74.6. The van der Waals surface area contributed by atoms with Crippen LogP contribution in [0.2, 0.25) is 128 Å². The smallest absolute Gasteiger partial charge is 0.355 e. The van der Waals surface area contributed by atoms with Crippen LogP contribution < -0.4 is 40.0 Å². The average molecular weight is 1480 g/mol. The number of isocyanates is 2. The van der Waals surface area contributed by atoms with Gasteiger partial charge >= 0.3 is 17.1 Å². The van der Waals surface area contributed by atoms with Crippen LogP contribution in [0.25, 0.3) is 16.9 Å². The van der Waals surface area contributed by atoms with Crippen LogP contribution in [-0.4, -0.2) is 217 Å². The molecule has 0 unspecified atom stereocenters. The Hall–Kier alpha value is -8.58. The Labute approximate surface area is 572 Å². The van der Waals surface area contributed by atoms with Gasteiger partial charge in [-0.05, 0) is 30.2 Å². The molecule has 0 aliphatic carbocycles.